The maximum atomic E-state index is 10.1. The number of methoxy groups -OCH3 is 1. The molecule has 0 spiro atoms. The highest BCUT2D eigenvalue weighted by molar-refractivity contribution is 5.73. The average Bonchev–Trinajstić information content (AvgIpc) is 2.05. The predicted molar refractivity (Wildman–Crippen MR) is 45.2 cm³/mol. The SMILES string of the molecule is COc1c(C)ccnc1NC=O. The van der Waals surface area contributed by atoms with Crippen LogP contribution in [0, 0.1) is 6.92 Å². The standard InChI is InChI=1S/C8H10N2O2/c1-6-3-4-9-8(10-5-11)7(6)12-2/h3-5H,1-2H3,(H,9,10,11). The number of hydrogen-bond donors (Lipinski definition) is 1. The molecule has 0 atom stereocenters. The molecule has 12 heavy (non-hydrogen) atoms. The van der Waals surface area contributed by atoms with E-state index in [1.54, 1.807) is 13.3 Å². The number of nitrogens with zero attached hydrogens (tertiary/aromatic N) is 1. The first-order chi connectivity index (χ1) is 5.79. The molecule has 1 rings (SSSR count). The summed E-state index contributed by atoms with van der Waals surface area (Å²) in [6, 6.07) is 1.81. The van der Waals surface area contributed by atoms with Gasteiger partial charge in [0.1, 0.15) is 0 Å². The van der Waals surface area contributed by atoms with Crippen LogP contribution in [0.1, 0.15) is 5.56 Å². The fraction of sp³-hybridized carbons (Fsp3) is 0.250. The van der Waals surface area contributed by atoms with Crippen LogP contribution >= 0.6 is 0 Å². The molecule has 0 radical (unpaired) electrons. The molecule has 0 unspecified atom stereocenters. The fourth-order valence-electron chi connectivity index (χ4n) is 0.961. The van der Waals surface area contributed by atoms with E-state index in [0.29, 0.717) is 18.0 Å². The molecule has 1 aromatic heterocycles. The molecule has 4 heteroatoms. The van der Waals surface area contributed by atoms with Gasteiger partial charge in [0.2, 0.25) is 6.41 Å². The van der Waals surface area contributed by atoms with Gasteiger partial charge in [-0.3, -0.25) is 4.79 Å². The first-order valence-electron chi connectivity index (χ1n) is 3.49. The molecule has 1 amide bonds. The maximum Gasteiger partial charge on any atom is 0.212 e. The topological polar surface area (TPSA) is 51.2 Å². The van der Waals surface area contributed by atoms with Gasteiger partial charge in [-0.25, -0.2) is 4.98 Å². The quantitative estimate of drug-likeness (QED) is 0.680. The molecule has 1 heterocycles. The summed E-state index contributed by atoms with van der Waals surface area (Å²) in [4.78, 5) is 14.1. The van der Waals surface area contributed by atoms with Gasteiger partial charge in [-0.15, -0.1) is 0 Å². The van der Waals surface area contributed by atoms with Crippen LogP contribution < -0.4 is 10.1 Å². The third-order valence-corrected chi connectivity index (χ3v) is 1.50. The summed E-state index contributed by atoms with van der Waals surface area (Å²) < 4.78 is 5.04. The number of nitrogens with one attached hydrogen (secondary N) is 1. The van der Waals surface area contributed by atoms with E-state index in [1.807, 2.05) is 13.0 Å². The highest BCUT2D eigenvalue weighted by atomic mass is 16.5. The summed E-state index contributed by atoms with van der Waals surface area (Å²) in [6.45, 7) is 1.89. The number of carbonyl (C=O) groups is 1. The molecular weight excluding hydrogens is 156 g/mol. The Balaban J connectivity index is 3.08. The zero-order valence-electron chi connectivity index (χ0n) is 7.00. The number of ether oxygens (including phenoxy) is 1. The van der Waals surface area contributed by atoms with Crippen LogP contribution in [0.2, 0.25) is 0 Å². The molecule has 1 aromatic rings. The largest absolute Gasteiger partial charge is 0.493 e. The summed E-state index contributed by atoms with van der Waals surface area (Å²) in [5, 5.41) is 2.45. The number of hydrogen-bond acceptors (Lipinski definition) is 3. The lowest BCUT2D eigenvalue weighted by Gasteiger charge is -2.07. The summed E-state index contributed by atoms with van der Waals surface area (Å²) in [7, 11) is 1.54. The highest BCUT2D eigenvalue weighted by Crippen LogP contribution is 2.24. The first kappa shape index (κ1) is 8.52. The monoisotopic (exact) mass is 166 g/mol. The molecule has 0 aliphatic heterocycles. The van der Waals surface area contributed by atoms with Gasteiger partial charge in [0.15, 0.2) is 11.6 Å². The molecule has 0 saturated heterocycles. The summed E-state index contributed by atoms with van der Waals surface area (Å²) in [6.07, 6.45) is 2.19. The zero-order chi connectivity index (χ0) is 8.97. The van der Waals surface area contributed by atoms with E-state index in [-0.39, 0.29) is 0 Å². The molecule has 0 saturated carbocycles. The van der Waals surface area contributed by atoms with Crippen LogP contribution in [0.4, 0.5) is 5.82 Å². The molecule has 0 aliphatic carbocycles. The minimum absolute atomic E-state index is 0.451. The van der Waals surface area contributed by atoms with Gasteiger partial charge in [-0.05, 0) is 18.6 Å². The normalized spacial score (nSPS) is 9.17. The summed E-state index contributed by atoms with van der Waals surface area (Å²) >= 11 is 0. The highest BCUT2D eigenvalue weighted by Gasteiger charge is 2.04. The van der Waals surface area contributed by atoms with Crippen molar-refractivity contribution < 1.29 is 9.53 Å². The van der Waals surface area contributed by atoms with E-state index in [1.165, 1.54) is 0 Å². The number of aromatic nitrogens is 1. The van der Waals surface area contributed by atoms with E-state index in [9.17, 15) is 4.79 Å². The zero-order valence-corrected chi connectivity index (χ0v) is 7.00. The third-order valence-electron chi connectivity index (χ3n) is 1.50. The third kappa shape index (κ3) is 1.53. The Labute approximate surface area is 70.6 Å². The Hall–Kier alpha value is -1.58. The molecule has 0 fully saturated rings. The van der Waals surface area contributed by atoms with Crippen molar-refractivity contribution in [2.45, 2.75) is 6.92 Å². The van der Waals surface area contributed by atoms with E-state index in [0.717, 1.165) is 5.56 Å². The van der Waals surface area contributed by atoms with Crippen molar-refractivity contribution in [3.63, 3.8) is 0 Å². The predicted octanol–water partition coefficient (Wildman–Crippen LogP) is 0.967. The lowest BCUT2D eigenvalue weighted by Crippen LogP contribution is -2.00. The molecule has 4 nitrogen and oxygen atoms in total. The number of amides is 1. The van der Waals surface area contributed by atoms with Crippen molar-refractivity contribution in [1.29, 1.82) is 0 Å². The van der Waals surface area contributed by atoms with E-state index in [2.05, 4.69) is 10.3 Å². The van der Waals surface area contributed by atoms with Crippen molar-refractivity contribution in [3.05, 3.63) is 17.8 Å². The number of rotatable bonds is 3. The van der Waals surface area contributed by atoms with Crippen LogP contribution in [-0.4, -0.2) is 18.5 Å². The van der Waals surface area contributed by atoms with Gasteiger partial charge >= 0.3 is 0 Å². The molecule has 0 bridgehead atoms. The van der Waals surface area contributed by atoms with Gasteiger partial charge in [0.25, 0.3) is 0 Å². The average molecular weight is 166 g/mol. The van der Waals surface area contributed by atoms with Crippen molar-refractivity contribution in [2.24, 2.45) is 0 Å². The second-order valence-electron chi connectivity index (χ2n) is 2.27. The van der Waals surface area contributed by atoms with Gasteiger partial charge in [0.05, 0.1) is 7.11 Å². The van der Waals surface area contributed by atoms with Crippen LogP contribution in [0.25, 0.3) is 0 Å². The van der Waals surface area contributed by atoms with Crippen molar-refractivity contribution in [1.82, 2.24) is 4.98 Å². The van der Waals surface area contributed by atoms with E-state index >= 15 is 0 Å². The number of pyridine rings is 1. The maximum absolute atomic E-state index is 10.1. The molecule has 64 valence electrons. The van der Waals surface area contributed by atoms with Crippen LogP contribution in [-0.2, 0) is 4.79 Å². The Bertz CT molecular complexity index is 286. The van der Waals surface area contributed by atoms with Gasteiger partial charge in [0, 0.05) is 6.20 Å². The fourth-order valence-corrected chi connectivity index (χ4v) is 0.961. The lowest BCUT2D eigenvalue weighted by molar-refractivity contribution is -0.105. The lowest BCUT2D eigenvalue weighted by atomic mass is 10.2. The van der Waals surface area contributed by atoms with Gasteiger partial charge in [-0.2, -0.15) is 0 Å². The van der Waals surface area contributed by atoms with Crippen LogP contribution in [0.5, 0.6) is 5.75 Å². The minimum atomic E-state index is 0.451. The van der Waals surface area contributed by atoms with Gasteiger partial charge < -0.3 is 10.1 Å². The first-order valence-corrected chi connectivity index (χ1v) is 3.49. The van der Waals surface area contributed by atoms with Crippen molar-refractivity contribution >= 4 is 12.2 Å². The second kappa shape index (κ2) is 3.71. The van der Waals surface area contributed by atoms with Crippen LogP contribution in [0.15, 0.2) is 12.3 Å². The molecule has 0 aromatic carbocycles. The minimum Gasteiger partial charge on any atom is -0.493 e. The summed E-state index contributed by atoms with van der Waals surface area (Å²) in [5.74, 6) is 1.05. The Kier molecular flexibility index (Phi) is 2.63. The van der Waals surface area contributed by atoms with E-state index in [4.69, 9.17) is 4.74 Å². The smallest absolute Gasteiger partial charge is 0.212 e. The van der Waals surface area contributed by atoms with Crippen molar-refractivity contribution in [3.8, 4) is 5.75 Å². The second-order valence-corrected chi connectivity index (χ2v) is 2.27. The number of carbonyl (C=O) groups excluding carboxylic acids is 1. The molecule has 0 aliphatic rings. The Morgan fingerprint density at radius 2 is 2.42 bits per heavy atom. The number of anilines is 1. The Morgan fingerprint density at radius 3 is 3.00 bits per heavy atom. The molecule has 1 N–H and O–H groups in total. The Morgan fingerprint density at radius 1 is 1.67 bits per heavy atom. The van der Waals surface area contributed by atoms with E-state index < -0.39 is 0 Å². The molecular formula is C8H10N2O2. The van der Waals surface area contributed by atoms with Crippen LogP contribution in [0.3, 0.4) is 0 Å². The number of aryl methyl sites for hydroxylation is 1. The summed E-state index contributed by atoms with van der Waals surface area (Å²) in [5.41, 5.74) is 0.942. The van der Waals surface area contributed by atoms with Gasteiger partial charge in [-0.1, -0.05) is 0 Å². The van der Waals surface area contributed by atoms with Crippen molar-refractivity contribution in [2.75, 3.05) is 12.4 Å².